The van der Waals surface area contributed by atoms with Crippen LogP contribution in [0.15, 0.2) is 41.7 Å². The normalized spacial score (nSPS) is 17.0. The molecule has 26 heavy (non-hydrogen) atoms. The van der Waals surface area contributed by atoms with Gasteiger partial charge in [0.2, 0.25) is 0 Å². The van der Waals surface area contributed by atoms with Crippen molar-refractivity contribution in [3.63, 3.8) is 0 Å². The average molecular weight is 358 g/mol. The lowest BCUT2D eigenvalue weighted by atomic mass is 10.2. The molecule has 2 aromatic rings. The van der Waals surface area contributed by atoms with Crippen molar-refractivity contribution in [2.24, 2.45) is 7.05 Å². The van der Waals surface area contributed by atoms with Gasteiger partial charge in [0.15, 0.2) is 5.82 Å². The summed E-state index contributed by atoms with van der Waals surface area (Å²) in [6, 6.07) is 3.29. The number of hydrogen-bond acceptors (Lipinski definition) is 6. The minimum Gasteiger partial charge on any atom is -0.373 e. The van der Waals surface area contributed by atoms with Crippen molar-refractivity contribution in [1.82, 2.24) is 19.4 Å². The predicted molar refractivity (Wildman–Crippen MR) is 97.3 cm³/mol. The molecule has 3 rings (SSSR count). The van der Waals surface area contributed by atoms with E-state index in [2.05, 4.69) is 15.3 Å². The molecule has 0 aliphatic carbocycles. The monoisotopic (exact) mass is 358 g/mol. The van der Waals surface area contributed by atoms with Gasteiger partial charge in [0.05, 0.1) is 19.3 Å². The Balaban J connectivity index is 1.60. The number of rotatable bonds is 4. The summed E-state index contributed by atoms with van der Waals surface area (Å²) >= 11 is 0. The van der Waals surface area contributed by atoms with E-state index < -0.39 is 0 Å². The first kappa shape index (κ1) is 17.9. The molecule has 1 aliphatic rings. The lowest BCUT2D eigenvalue weighted by molar-refractivity contribution is -0.00715. The Morgan fingerprint density at radius 2 is 2.15 bits per heavy atom. The van der Waals surface area contributed by atoms with Gasteiger partial charge in [0.25, 0.3) is 5.56 Å². The van der Waals surface area contributed by atoms with Gasteiger partial charge in [-0.3, -0.25) is 9.78 Å². The third-order valence-electron chi connectivity index (χ3n) is 4.20. The number of morpholine rings is 1. The van der Waals surface area contributed by atoms with E-state index in [0.29, 0.717) is 37.7 Å². The van der Waals surface area contributed by atoms with Crippen LogP contribution < -0.4 is 15.8 Å². The molecule has 1 N–H and O–H groups in total. The maximum Gasteiger partial charge on any atom is 0.322 e. The number of likely N-dealkylation sites (N-methyl/N-ethyl adjacent to an activating group) is 1. The minimum atomic E-state index is -0.205. The van der Waals surface area contributed by atoms with Crippen LogP contribution >= 0.6 is 0 Å². The van der Waals surface area contributed by atoms with Gasteiger partial charge in [-0.1, -0.05) is 0 Å². The lowest BCUT2D eigenvalue weighted by Crippen LogP contribution is -2.51. The highest BCUT2D eigenvalue weighted by molar-refractivity contribution is 5.89. The summed E-state index contributed by atoms with van der Waals surface area (Å²) in [6.45, 7) is 1.87. The van der Waals surface area contributed by atoms with Gasteiger partial charge < -0.3 is 24.4 Å². The van der Waals surface area contributed by atoms with E-state index in [0.717, 1.165) is 0 Å². The van der Waals surface area contributed by atoms with Crippen molar-refractivity contribution >= 4 is 17.5 Å². The quantitative estimate of drug-likeness (QED) is 0.858. The minimum absolute atomic E-state index is 0.168. The third-order valence-corrected chi connectivity index (χ3v) is 4.20. The highest BCUT2D eigenvalue weighted by Crippen LogP contribution is 2.12. The summed E-state index contributed by atoms with van der Waals surface area (Å²) in [5.41, 5.74) is 0.528. The molecule has 9 heteroatoms. The number of carbonyl (C=O) groups is 1. The number of carbonyl (C=O) groups excluding carboxylic acids is 1. The third kappa shape index (κ3) is 4.17. The Hall–Kier alpha value is -2.94. The number of pyridine rings is 1. The molecule has 9 nitrogen and oxygen atoms in total. The summed E-state index contributed by atoms with van der Waals surface area (Å²) in [4.78, 5) is 36.1. The summed E-state index contributed by atoms with van der Waals surface area (Å²) in [7, 11) is 3.48. The summed E-state index contributed by atoms with van der Waals surface area (Å²) < 4.78 is 7.24. The van der Waals surface area contributed by atoms with Crippen LogP contribution in [0, 0.1) is 0 Å². The molecule has 1 aliphatic heterocycles. The number of ether oxygens (including phenoxy) is 1. The Bertz CT molecular complexity index is 810. The van der Waals surface area contributed by atoms with Crippen LogP contribution in [0.1, 0.15) is 0 Å². The second-order valence-electron chi connectivity index (χ2n) is 6.15. The number of anilines is 2. The number of amides is 2. The summed E-state index contributed by atoms with van der Waals surface area (Å²) in [6.07, 6.45) is 6.24. The Kier molecular flexibility index (Phi) is 5.47. The Labute approximate surface area is 151 Å². The number of nitrogens with zero attached hydrogens (tertiary/aromatic N) is 5. The maximum atomic E-state index is 12.4. The SMILES string of the molecule is CN(C[C@@H]1CN(C(=O)Nc2ccncc2)CCO1)c1nccn(C)c1=O. The first-order valence-electron chi connectivity index (χ1n) is 8.35. The zero-order valence-electron chi connectivity index (χ0n) is 14.8. The largest absolute Gasteiger partial charge is 0.373 e. The van der Waals surface area contributed by atoms with E-state index in [9.17, 15) is 9.59 Å². The smallest absolute Gasteiger partial charge is 0.322 e. The van der Waals surface area contributed by atoms with Gasteiger partial charge in [-0.25, -0.2) is 9.78 Å². The average Bonchev–Trinajstić information content (AvgIpc) is 2.65. The second-order valence-corrected chi connectivity index (χ2v) is 6.15. The van der Waals surface area contributed by atoms with Gasteiger partial charge in [-0.05, 0) is 12.1 Å². The van der Waals surface area contributed by atoms with Crippen LogP contribution in [-0.2, 0) is 11.8 Å². The molecule has 1 atom stereocenters. The van der Waals surface area contributed by atoms with Crippen molar-refractivity contribution in [1.29, 1.82) is 0 Å². The molecule has 1 fully saturated rings. The van der Waals surface area contributed by atoms with Crippen LogP contribution in [0.2, 0.25) is 0 Å². The van der Waals surface area contributed by atoms with Gasteiger partial charge >= 0.3 is 6.03 Å². The molecule has 2 aromatic heterocycles. The molecule has 0 radical (unpaired) electrons. The van der Waals surface area contributed by atoms with Crippen molar-refractivity contribution in [3.8, 4) is 0 Å². The fourth-order valence-electron chi connectivity index (χ4n) is 2.79. The molecule has 3 heterocycles. The van der Waals surface area contributed by atoms with E-state index in [1.54, 1.807) is 60.8 Å². The zero-order chi connectivity index (χ0) is 18.5. The van der Waals surface area contributed by atoms with Gasteiger partial charge in [-0.15, -0.1) is 0 Å². The van der Waals surface area contributed by atoms with E-state index in [-0.39, 0.29) is 17.7 Å². The molecule has 138 valence electrons. The molecular formula is C17H22N6O3. The molecule has 0 saturated carbocycles. The fourth-order valence-corrected chi connectivity index (χ4v) is 2.79. The van der Waals surface area contributed by atoms with E-state index in [1.807, 2.05) is 0 Å². The molecule has 0 aromatic carbocycles. The number of urea groups is 1. The predicted octanol–water partition coefficient (Wildman–Crippen LogP) is 0.544. The number of nitrogens with one attached hydrogen (secondary N) is 1. The van der Waals surface area contributed by atoms with E-state index >= 15 is 0 Å². The van der Waals surface area contributed by atoms with Crippen LogP contribution in [0.3, 0.4) is 0 Å². The summed E-state index contributed by atoms with van der Waals surface area (Å²) in [5.74, 6) is 0.358. The van der Waals surface area contributed by atoms with Crippen molar-refractivity contribution in [2.45, 2.75) is 6.10 Å². The standard InChI is InChI=1S/C17H22N6O3/c1-21-8-7-19-15(16(21)24)22(2)11-14-12-23(9-10-26-14)17(25)20-13-3-5-18-6-4-13/h3-8,14H,9-12H2,1-2H3,(H,18,20,25)/t14-/m1/s1. The number of aromatic nitrogens is 3. The highest BCUT2D eigenvalue weighted by Gasteiger charge is 2.26. The van der Waals surface area contributed by atoms with Gasteiger partial charge in [-0.2, -0.15) is 0 Å². The van der Waals surface area contributed by atoms with Crippen LogP contribution in [-0.4, -0.2) is 64.9 Å². The molecule has 0 bridgehead atoms. The van der Waals surface area contributed by atoms with E-state index in [4.69, 9.17) is 4.74 Å². The molecule has 2 amide bonds. The van der Waals surface area contributed by atoms with Crippen LogP contribution in [0.5, 0.6) is 0 Å². The summed E-state index contributed by atoms with van der Waals surface area (Å²) in [5, 5.41) is 2.85. The molecular weight excluding hydrogens is 336 g/mol. The van der Waals surface area contributed by atoms with Crippen molar-refractivity contribution < 1.29 is 9.53 Å². The van der Waals surface area contributed by atoms with Gasteiger partial charge in [0.1, 0.15) is 0 Å². The Morgan fingerprint density at radius 3 is 2.92 bits per heavy atom. The molecule has 1 saturated heterocycles. The number of aryl methyl sites for hydroxylation is 1. The first-order valence-corrected chi connectivity index (χ1v) is 8.35. The fraction of sp³-hybridized carbons (Fsp3) is 0.412. The van der Waals surface area contributed by atoms with Gasteiger partial charge in [0, 0.05) is 57.7 Å². The maximum absolute atomic E-state index is 12.4. The molecule has 0 unspecified atom stereocenters. The van der Waals surface area contributed by atoms with Crippen LogP contribution in [0.25, 0.3) is 0 Å². The van der Waals surface area contributed by atoms with Crippen LogP contribution in [0.4, 0.5) is 16.3 Å². The number of hydrogen-bond donors (Lipinski definition) is 1. The molecule has 0 spiro atoms. The van der Waals surface area contributed by atoms with Crippen molar-refractivity contribution in [3.05, 3.63) is 47.3 Å². The van der Waals surface area contributed by atoms with Crippen molar-refractivity contribution in [2.75, 3.05) is 43.5 Å². The first-order chi connectivity index (χ1) is 12.5. The van der Waals surface area contributed by atoms with E-state index in [1.165, 1.54) is 4.57 Å². The highest BCUT2D eigenvalue weighted by atomic mass is 16.5. The Morgan fingerprint density at radius 1 is 1.38 bits per heavy atom. The topological polar surface area (TPSA) is 92.6 Å². The lowest BCUT2D eigenvalue weighted by Gasteiger charge is -2.34. The zero-order valence-corrected chi connectivity index (χ0v) is 14.8. The second kappa shape index (κ2) is 7.96.